The van der Waals surface area contributed by atoms with Crippen LogP contribution >= 0.6 is 0 Å². The van der Waals surface area contributed by atoms with Crippen LogP contribution in [0.4, 0.5) is 0 Å². The fourth-order valence-corrected chi connectivity index (χ4v) is 1.19. The lowest BCUT2D eigenvalue weighted by Gasteiger charge is -2.19. The van der Waals surface area contributed by atoms with Gasteiger partial charge in [0.1, 0.15) is 5.57 Å². The topological polar surface area (TPSA) is 58.2 Å². The Hall–Kier alpha value is -1.58. The van der Waals surface area contributed by atoms with Crippen molar-refractivity contribution in [3.63, 3.8) is 0 Å². The molecule has 0 unspecified atom stereocenters. The summed E-state index contributed by atoms with van der Waals surface area (Å²) in [7, 11) is 0. The van der Waals surface area contributed by atoms with Crippen LogP contribution < -0.4 is 10.6 Å². The minimum atomic E-state index is -0.377. The van der Waals surface area contributed by atoms with Gasteiger partial charge in [0, 0.05) is 6.42 Å². The zero-order valence-electron chi connectivity index (χ0n) is 6.18. The molecule has 2 N–H and O–H groups in total. The highest BCUT2D eigenvalue weighted by molar-refractivity contribution is 6.21. The van der Waals surface area contributed by atoms with E-state index in [0.29, 0.717) is 12.1 Å². The predicted octanol–water partition coefficient (Wildman–Crippen LogP) is -0.515. The third-order valence-corrected chi connectivity index (χ3v) is 1.74. The van der Waals surface area contributed by atoms with E-state index in [1.54, 1.807) is 12.2 Å². The first kappa shape index (κ1) is 7.09. The van der Waals surface area contributed by atoms with Gasteiger partial charge in [0.2, 0.25) is 6.67 Å². The van der Waals surface area contributed by atoms with E-state index >= 15 is 0 Å². The van der Waals surface area contributed by atoms with Gasteiger partial charge < -0.3 is 10.6 Å². The van der Waals surface area contributed by atoms with Crippen molar-refractivity contribution >= 4 is 11.7 Å². The molecule has 0 aromatic carbocycles. The molecule has 0 atom stereocenters. The summed E-state index contributed by atoms with van der Waals surface area (Å²) in [5.41, 5.74) is 0.742. The van der Waals surface area contributed by atoms with E-state index in [1.165, 1.54) is 0 Å². The zero-order valence-corrected chi connectivity index (χ0v) is 6.18. The highest BCUT2D eigenvalue weighted by Gasteiger charge is 2.26. The molecule has 1 aliphatic carbocycles. The van der Waals surface area contributed by atoms with Crippen molar-refractivity contribution in [1.82, 2.24) is 10.6 Å². The van der Waals surface area contributed by atoms with Crippen molar-refractivity contribution in [2.75, 3.05) is 0 Å². The number of Topliss-reactive ketones (excluding diaryl/α,β-unsaturated/α-hetero) is 1. The number of ketones is 1. The van der Waals surface area contributed by atoms with E-state index in [-0.39, 0.29) is 17.3 Å². The van der Waals surface area contributed by atoms with E-state index in [0.717, 1.165) is 0 Å². The number of rotatable bonds is 0. The highest BCUT2D eigenvalue weighted by atomic mass is 16.2. The van der Waals surface area contributed by atoms with Crippen molar-refractivity contribution < 1.29 is 9.59 Å². The highest BCUT2D eigenvalue weighted by Crippen LogP contribution is 2.16. The first-order chi connectivity index (χ1) is 5.79. The maximum Gasteiger partial charge on any atom is 0.259 e. The van der Waals surface area contributed by atoms with Crippen LogP contribution in [0.5, 0.6) is 0 Å². The van der Waals surface area contributed by atoms with Crippen molar-refractivity contribution in [3.05, 3.63) is 30.1 Å². The number of carbonyl (C=O) groups is 2. The molecule has 0 spiro atoms. The monoisotopic (exact) mass is 162 g/mol. The standard InChI is InChI=1S/C8H6N2O2/c11-6-3-1-2-5-7(6)8(12)10-4-9-5/h1-2,9H,3H2,(H,10,12). The van der Waals surface area contributed by atoms with Crippen LogP contribution in [0.15, 0.2) is 23.4 Å². The van der Waals surface area contributed by atoms with Gasteiger partial charge in [0.05, 0.1) is 5.70 Å². The summed E-state index contributed by atoms with van der Waals surface area (Å²) < 4.78 is 0. The lowest BCUT2D eigenvalue weighted by atomic mass is 9.99. The first-order valence-corrected chi connectivity index (χ1v) is 3.54. The van der Waals surface area contributed by atoms with E-state index < -0.39 is 0 Å². The quantitative estimate of drug-likeness (QED) is 0.471. The van der Waals surface area contributed by atoms with Crippen LogP contribution in [0.25, 0.3) is 0 Å². The molecule has 4 heteroatoms. The molecule has 4 nitrogen and oxygen atoms in total. The maximum absolute atomic E-state index is 11.2. The maximum atomic E-state index is 11.2. The van der Waals surface area contributed by atoms with Crippen LogP contribution in [-0.4, -0.2) is 11.7 Å². The molecule has 0 saturated heterocycles. The van der Waals surface area contributed by atoms with Gasteiger partial charge in [-0.15, -0.1) is 0 Å². The van der Waals surface area contributed by atoms with Gasteiger partial charge in [-0.2, -0.15) is 0 Å². The smallest absolute Gasteiger partial charge is 0.259 e. The Kier molecular flexibility index (Phi) is 1.46. The molecule has 0 aromatic heterocycles. The van der Waals surface area contributed by atoms with Gasteiger partial charge in [0.25, 0.3) is 5.91 Å². The Bertz CT molecular complexity index is 315. The molecule has 60 valence electrons. The minimum Gasteiger partial charge on any atom is -0.355 e. The fraction of sp³-hybridized carbons (Fsp3) is 0.125. The summed E-state index contributed by atoms with van der Waals surface area (Å²) in [5, 5.41) is 4.97. The summed E-state index contributed by atoms with van der Waals surface area (Å²) >= 11 is 0. The van der Waals surface area contributed by atoms with Gasteiger partial charge >= 0.3 is 0 Å². The molecule has 0 fully saturated rings. The molecular weight excluding hydrogens is 156 g/mol. The fourth-order valence-electron chi connectivity index (χ4n) is 1.19. The number of allylic oxidation sites excluding steroid dienone is 2. The second kappa shape index (κ2) is 2.48. The second-order valence-corrected chi connectivity index (χ2v) is 2.52. The molecule has 1 aliphatic heterocycles. The molecule has 0 saturated carbocycles. The Morgan fingerprint density at radius 1 is 1.33 bits per heavy atom. The lowest BCUT2D eigenvalue weighted by Crippen LogP contribution is -2.39. The Labute approximate surface area is 69.3 Å². The molecular formula is C8H6N2O2. The summed E-state index contributed by atoms with van der Waals surface area (Å²) in [5.74, 6) is -0.530. The Morgan fingerprint density at radius 3 is 2.92 bits per heavy atom. The Balaban J connectivity index is 2.47. The minimum absolute atomic E-state index is 0.154. The van der Waals surface area contributed by atoms with Gasteiger partial charge in [0.15, 0.2) is 5.78 Å². The van der Waals surface area contributed by atoms with E-state index in [2.05, 4.69) is 17.3 Å². The second-order valence-electron chi connectivity index (χ2n) is 2.52. The average Bonchev–Trinajstić information content (AvgIpc) is 2.04. The van der Waals surface area contributed by atoms with Gasteiger partial charge in [-0.25, -0.2) is 0 Å². The summed E-state index contributed by atoms with van der Waals surface area (Å²) in [6, 6.07) is 0. The molecule has 1 amide bonds. The van der Waals surface area contributed by atoms with E-state index in [1.807, 2.05) is 0 Å². The van der Waals surface area contributed by atoms with Crippen LogP contribution in [0.3, 0.4) is 0 Å². The number of nitrogens with one attached hydrogen (secondary N) is 2. The van der Waals surface area contributed by atoms with Gasteiger partial charge in [-0.05, 0) is 6.08 Å². The third kappa shape index (κ3) is 0.922. The third-order valence-electron chi connectivity index (χ3n) is 1.74. The number of hydrogen-bond acceptors (Lipinski definition) is 3. The van der Waals surface area contributed by atoms with E-state index in [9.17, 15) is 9.59 Å². The summed E-state index contributed by atoms with van der Waals surface area (Å²) in [6.07, 6.45) is 3.73. The zero-order chi connectivity index (χ0) is 8.55. The largest absolute Gasteiger partial charge is 0.355 e. The van der Waals surface area contributed by atoms with Crippen LogP contribution in [0, 0.1) is 6.67 Å². The molecule has 0 bridgehead atoms. The van der Waals surface area contributed by atoms with Gasteiger partial charge in [-0.3, -0.25) is 9.59 Å². The number of hydrogen-bond donors (Lipinski definition) is 2. The van der Waals surface area contributed by atoms with Crippen molar-refractivity contribution in [3.8, 4) is 0 Å². The molecule has 2 rings (SSSR count). The SMILES string of the molecule is O=C1CC=CC2=C1C(=O)N[C]N2. The number of carbonyl (C=O) groups excluding carboxylic acids is 2. The van der Waals surface area contributed by atoms with Crippen LogP contribution in [0.1, 0.15) is 6.42 Å². The lowest BCUT2D eigenvalue weighted by molar-refractivity contribution is -0.122. The molecule has 2 radical (unpaired) electrons. The summed E-state index contributed by atoms with van der Waals surface area (Å²) in [6.45, 7) is 2.44. The van der Waals surface area contributed by atoms with E-state index in [4.69, 9.17) is 0 Å². The van der Waals surface area contributed by atoms with Crippen molar-refractivity contribution in [2.45, 2.75) is 6.42 Å². The molecule has 1 heterocycles. The summed E-state index contributed by atoms with van der Waals surface area (Å²) in [4.78, 5) is 22.3. The van der Waals surface area contributed by atoms with Crippen LogP contribution in [-0.2, 0) is 9.59 Å². The van der Waals surface area contributed by atoms with Gasteiger partial charge in [-0.1, -0.05) is 6.08 Å². The molecule has 0 aromatic rings. The van der Waals surface area contributed by atoms with Crippen LogP contribution in [0.2, 0.25) is 0 Å². The Morgan fingerprint density at radius 2 is 2.17 bits per heavy atom. The number of amides is 1. The molecule has 12 heavy (non-hydrogen) atoms. The van der Waals surface area contributed by atoms with Crippen molar-refractivity contribution in [1.29, 1.82) is 0 Å². The predicted molar refractivity (Wildman–Crippen MR) is 40.3 cm³/mol. The normalized spacial score (nSPS) is 21.7. The first-order valence-electron chi connectivity index (χ1n) is 3.54. The average molecular weight is 162 g/mol. The molecule has 2 aliphatic rings. The van der Waals surface area contributed by atoms with Crippen molar-refractivity contribution in [2.24, 2.45) is 0 Å².